The molecule has 1 fully saturated rings. The molecule has 0 heterocycles. The zero-order valence-corrected chi connectivity index (χ0v) is 11.3. The Morgan fingerprint density at radius 2 is 2.18 bits per heavy atom. The first-order valence-corrected chi connectivity index (χ1v) is 7.44. The van der Waals surface area contributed by atoms with Crippen LogP contribution < -0.4 is 11.3 Å². The van der Waals surface area contributed by atoms with Crippen molar-refractivity contribution in [2.24, 2.45) is 11.8 Å². The number of hydrogen-bond donors (Lipinski definition) is 2. The van der Waals surface area contributed by atoms with Crippen LogP contribution in [0.3, 0.4) is 0 Å². The largest absolute Gasteiger partial charge is 0.271 e. The van der Waals surface area contributed by atoms with Crippen LogP contribution in [0.1, 0.15) is 31.2 Å². The summed E-state index contributed by atoms with van der Waals surface area (Å²) in [6, 6.07) is 9.15. The summed E-state index contributed by atoms with van der Waals surface area (Å²) >= 11 is 1.91. The smallest absolute Gasteiger partial charge is 0.0332 e. The second-order valence-corrected chi connectivity index (χ2v) is 6.04. The predicted octanol–water partition coefficient (Wildman–Crippen LogP) is 3.11. The molecule has 3 N–H and O–H groups in total. The molecular weight excluding hydrogens is 228 g/mol. The van der Waals surface area contributed by atoms with Gasteiger partial charge >= 0.3 is 0 Å². The average Bonchev–Trinajstić information content (AvgIpc) is 2.84. The number of hydrazine groups is 1. The van der Waals surface area contributed by atoms with Crippen molar-refractivity contribution in [3.63, 3.8) is 0 Å². The highest BCUT2D eigenvalue weighted by Gasteiger charge is 2.23. The lowest BCUT2D eigenvalue weighted by Gasteiger charge is -2.22. The van der Waals surface area contributed by atoms with Crippen LogP contribution in [0.5, 0.6) is 0 Å². The summed E-state index contributed by atoms with van der Waals surface area (Å²) in [5, 5.41) is 0. The van der Waals surface area contributed by atoms with Crippen LogP contribution in [-0.2, 0) is 0 Å². The minimum atomic E-state index is 0.461. The molecule has 0 saturated heterocycles. The molecule has 0 spiro atoms. The van der Waals surface area contributed by atoms with Crippen LogP contribution in [0.15, 0.2) is 29.2 Å². The molecule has 2 rings (SSSR count). The van der Waals surface area contributed by atoms with Crippen molar-refractivity contribution < 1.29 is 0 Å². The number of rotatable bonds is 5. The van der Waals surface area contributed by atoms with Crippen molar-refractivity contribution in [1.82, 2.24) is 5.43 Å². The topological polar surface area (TPSA) is 38.0 Å². The Morgan fingerprint density at radius 1 is 1.41 bits per heavy atom. The molecule has 1 aromatic carbocycles. The Morgan fingerprint density at radius 3 is 2.82 bits per heavy atom. The van der Waals surface area contributed by atoms with Crippen molar-refractivity contribution in [3.8, 4) is 0 Å². The highest BCUT2D eigenvalue weighted by atomic mass is 32.2. The minimum absolute atomic E-state index is 0.461. The molecule has 1 aromatic rings. The van der Waals surface area contributed by atoms with Crippen LogP contribution in [0.2, 0.25) is 0 Å². The van der Waals surface area contributed by atoms with Crippen LogP contribution in [0, 0.1) is 12.8 Å². The molecular formula is C14H22N2S. The first kappa shape index (κ1) is 12.9. The van der Waals surface area contributed by atoms with E-state index in [1.54, 1.807) is 0 Å². The van der Waals surface area contributed by atoms with Gasteiger partial charge in [0, 0.05) is 16.7 Å². The van der Waals surface area contributed by atoms with Gasteiger partial charge in [-0.1, -0.05) is 30.5 Å². The van der Waals surface area contributed by atoms with Crippen molar-refractivity contribution in [2.45, 2.75) is 43.5 Å². The van der Waals surface area contributed by atoms with Gasteiger partial charge in [0.25, 0.3) is 0 Å². The molecule has 1 saturated carbocycles. The molecule has 94 valence electrons. The van der Waals surface area contributed by atoms with E-state index in [1.807, 2.05) is 11.8 Å². The fraction of sp³-hybridized carbons (Fsp3) is 0.571. The van der Waals surface area contributed by atoms with Gasteiger partial charge in [-0.2, -0.15) is 0 Å². The number of benzene rings is 1. The minimum Gasteiger partial charge on any atom is -0.271 e. The van der Waals surface area contributed by atoms with Crippen molar-refractivity contribution in [2.75, 3.05) is 5.75 Å². The summed E-state index contributed by atoms with van der Waals surface area (Å²) < 4.78 is 0. The average molecular weight is 250 g/mol. The lowest BCUT2D eigenvalue weighted by molar-refractivity contribution is 0.393. The number of nitrogens with one attached hydrogen (secondary N) is 1. The molecule has 1 aliphatic rings. The molecule has 0 radical (unpaired) electrons. The van der Waals surface area contributed by atoms with E-state index in [0.717, 1.165) is 11.7 Å². The van der Waals surface area contributed by atoms with Gasteiger partial charge < -0.3 is 0 Å². The van der Waals surface area contributed by atoms with E-state index < -0.39 is 0 Å². The number of thioether (sulfide) groups is 1. The lowest BCUT2D eigenvalue weighted by Crippen LogP contribution is -2.41. The Balaban J connectivity index is 1.87. The Kier molecular flexibility index (Phi) is 4.89. The summed E-state index contributed by atoms with van der Waals surface area (Å²) in [7, 11) is 0. The molecule has 0 amide bonds. The third-order valence-electron chi connectivity index (χ3n) is 3.60. The van der Waals surface area contributed by atoms with Crippen molar-refractivity contribution >= 4 is 11.8 Å². The molecule has 0 bridgehead atoms. The lowest BCUT2D eigenvalue weighted by atomic mass is 10.0. The molecule has 1 atom stereocenters. The Labute approximate surface area is 108 Å². The third-order valence-corrected chi connectivity index (χ3v) is 4.72. The van der Waals surface area contributed by atoms with Crippen molar-refractivity contribution in [3.05, 3.63) is 29.8 Å². The summed E-state index contributed by atoms with van der Waals surface area (Å²) in [5.74, 6) is 7.53. The van der Waals surface area contributed by atoms with E-state index in [4.69, 9.17) is 5.84 Å². The molecule has 3 heteroatoms. The quantitative estimate of drug-likeness (QED) is 0.479. The van der Waals surface area contributed by atoms with E-state index >= 15 is 0 Å². The van der Waals surface area contributed by atoms with E-state index in [0.29, 0.717) is 6.04 Å². The van der Waals surface area contributed by atoms with Gasteiger partial charge in [0.2, 0.25) is 0 Å². The molecule has 2 nitrogen and oxygen atoms in total. The van der Waals surface area contributed by atoms with E-state index in [2.05, 4.69) is 36.6 Å². The van der Waals surface area contributed by atoms with Gasteiger partial charge in [0.1, 0.15) is 0 Å². The number of hydrogen-bond acceptors (Lipinski definition) is 3. The second-order valence-electron chi connectivity index (χ2n) is 4.95. The first-order chi connectivity index (χ1) is 8.29. The molecule has 17 heavy (non-hydrogen) atoms. The maximum Gasteiger partial charge on any atom is 0.0332 e. The van der Waals surface area contributed by atoms with E-state index in [1.165, 1.54) is 36.1 Å². The number of aryl methyl sites for hydroxylation is 1. The zero-order valence-electron chi connectivity index (χ0n) is 10.5. The molecule has 0 aromatic heterocycles. The fourth-order valence-corrected chi connectivity index (χ4v) is 3.76. The number of nitrogens with two attached hydrogens (primary N) is 1. The zero-order chi connectivity index (χ0) is 12.1. The predicted molar refractivity (Wildman–Crippen MR) is 75.0 cm³/mol. The fourth-order valence-electron chi connectivity index (χ4n) is 2.57. The SMILES string of the molecule is Cc1cccc(SCC(NN)C2CCCC2)c1. The van der Waals surface area contributed by atoms with Gasteiger partial charge in [0.15, 0.2) is 0 Å². The van der Waals surface area contributed by atoms with Crippen molar-refractivity contribution in [1.29, 1.82) is 0 Å². The summed E-state index contributed by atoms with van der Waals surface area (Å²) in [6.45, 7) is 2.14. The monoisotopic (exact) mass is 250 g/mol. The Hall–Kier alpha value is -0.510. The highest BCUT2D eigenvalue weighted by Crippen LogP contribution is 2.30. The first-order valence-electron chi connectivity index (χ1n) is 6.45. The molecule has 1 unspecified atom stereocenters. The maximum absolute atomic E-state index is 5.68. The van der Waals surface area contributed by atoms with Gasteiger partial charge in [-0.25, -0.2) is 0 Å². The van der Waals surface area contributed by atoms with Gasteiger partial charge in [-0.3, -0.25) is 11.3 Å². The van der Waals surface area contributed by atoms with Crippen LogP contribution in [-0.4, -0.2) is 11.8 Å². The normalized spacial score (nSPS) is 18.5. The van der Waals surface area contributed by atoms with Crippen LogP contribution in [0.25, 0.3) is 0 Å². The summed E-state index contributed by atoms with van der Waals surface area (Å²) in [6.07, 6.45) is 5.42. The van der Waals surface area contributed by atoms with E-state index in [9.17, 15) is 0 Å². The van der Waals surface area contributed by atoms with Gasteiger partial charge in [-0.05, 0) is 37.8 Å². The van der Waals surface area contributed by atoms with Gasteiger partial charge in [-0.15, -0.1) is 11.8 Å². The third kappa shape index (κ3) is 3.73. The highest BCUT2D eigenvalue weighted by molar-refractivity contribution is 7.99. The molecule has 1 aliphatic carbocycles. The summed E-state index contributed by atoms with van der Waals surface area (Å²) in [4.78, 5) is 1.35. The van der Waals surface area contributed by atoms with E-state index in [-0.39, 0.29) is 0 Å². The second kappa shape index (κ2) is 6.43. The standard InChI is InChI=1S/C14H22N2S/c1-11-5-4-8-13(9-11)17-10-14(16-15)12-6-2-3-7-12/h4-5,8-9,12,14,16H,2-3,6-7,10,15H2,1H3. The van der Waals surface area contributed by atoms with Crippen LogP contribution >= 0.6 is 11.8 Å². The Bertz CT molecular complexity index is 348. The molecule has 0 aliphatic heterocycles. The van der Waals surface area contributed by atoms with Crippen LogP contribution in [0.4, 0.5) is 0 Å². The maximum atomic E-state index is 5.68. The summed E-state index contributed by atoms with van der Waals surface area (Å²) in [5.41, 5.74) is 4.33. The van der Waals surface area contributed by atoms with Gasteiger partial charge in [0.05, 0.1) is 0 Å².